The van der Waals surface area contributed by atoms with Gasteiger partial charge in [0.1, 0.15) is 0 Å². The van der Waals surface area contributed by atoms with Gasteiger partial charge in [0.15, 0.2) is 17.4 Å². The molecule has 4 rings (SSSR count). The molecule has 0 saturated heterocycles. The third-order valence-corrected chi connectivity index (χ3v) is 4.65. The van der Waals surface area contributed by atoms with E-state index in [1.165, 1.54) is 13.2 Å². The Morgan fingerprint density at radius 3 is 2.89 bits per heavy atom. The number of aryl methyl sites for hydroxylation is 1. The molecule has 7 nitrogen and oxygen atoms in total. The molecule has 3 aromatic rings. The first-order valence-corrected chi connectivity index (χ1v) is 9.14. The van der Waals surface area contributed by atoms with Gasteiger partial charge in [-0.15, -0.1) is 5.10 Å². The molecular weight excluding hydrogens is 361 g/mol. The normalized spacial score (nSPS) is 13.4. The summed E-state index contributed by atoms with van der Waals surface area (Å²) in [5.41, 5.74) is 2.27. The van der Waals surface area contributed by atoms with Gasteiger partial charge in [0.25, 0.3) is 0 Å². The number of halogens is 1. The summed E-state index contributed by atoms with van der Waals surface area (Å²) in [4.78, 5) is 12.3. The average Bonchev–Trinajstić information content (AvgIpc) is 3.43. The van der Waals surface area contributed by atoms with E-state index in [0.717, 1.165) is 24.0 Å². The van der Waals surface area contributed by atoms with Crippen molar-refractivity contribution in [1.82, 2.24) is 20.2 Å². The predicted molar refractivity (Wildman–Crippen MR) is 101 cm³/mol. The molecule has 1 aromatic heterocycles. The van der Waals surface area contributed by atoms with Crippen molar-refractivity contribution in [3.8, 4) is 17.1 Å². The summed E-state index contributed by atoms with van der Waals surface area (Å²) in [5, 5.41) is 14.8. The van der Waals surface area contributed by atoms with Crippen LogP contribution in [-0.2, 0) is 11.2 Å². The van der Waals surface area contributed by atoms with E-state index in [9.17, 15) is 9.18 Å². The topological polar surface area (TPSA) is 81.9 Å². The molecule has 0 unspecified atom stereocenters. The Morgan fingerprint density at radius 1 is 1.29 bits per heavy atom. The molecule has 0 atom stereocenters. The molecular formula is C20H20FN5O2. The number of anilines is 1. The van der Waals surface area contributed by atoms with Gasteiger partial charge in [0, 0.05) is 17.7 Å². The highest BCUT2D eigenvalue weighted by Gasteiger charge is 2.28. The van der Waals surface area contributed by atoms with Crippen molar-refractivity contribution in [2.45, 2.75) is 31.7 Å². The second-order valence-electron chi connectivity index (χ2n) is 6.78. The number of amides is 1. The van der Waals surface area contributed by atoms with Crippen LogP contribution in [0.3, 0.4) is 0 Å². The summed E-state index contributed by atoms with van der Waals surface area (Å²) in [6.45, 7) is 0. The van der Waals surface area contributed by atoms with Crippen molar-refractivity contribution in [1.29, 1.82) is 0 Å². The molecule has 8 heteroatoms. The van der Waals surface area contributed by atoms with Crippen molar-refractivity contribution < 1.29 is 13.9 Å². The highest BCUT2D eigenvalue weighted by molar-refractivity contribution is 5.91. The number of aromatic nitrogens is 4. The van der Waals surface area contributed by atoms with E-state index < -0.39 is 5.82 Å². The van der Waals surface area contributed by atoms with E-state index in [2.05, 4.69) is 20.8 Å². The van der Waals surface area contributed by atoms with Gasteiger partial charge in [-0.3, -0.25) is 4.79 Å². The summed E-state index contributed by atoms with van der Waals surface area (Å²) >= 11 is 0. The summed E-state index contributed by atoms with van der Waals surface area (Å²) in [6, 6.07) is 12.5. The van der Waals surface area contributed by atoms with E-state index in [1.807, 2.05) is 28.9 Å². The molecule has 0 bridgehead atoms. The zero-order valence-corrected chi connectivity index (χ0v) is 15.4. The molecule has 0 spiro atoms. The number of methoxy groups -OCH3 is 1. The van der Waals surface area contributed by atoms with Gasteiger partial charge >= 0.3 is 0 Å². The van der Waals surface area contributed by atoms with Gasteiger partial charge in [-0.2, -0.15) is 0 Å². The summed E-state index contributed by atoms with van der Waals surface area (Å²) in [6.07, 6.45) is 2.85. The zero-order valence-electron chi connectivity index (χ0n) is 15.4. The van der Waals surface area contributed by atoms with Gasteiger partial charge in [-0.1, -0.05) is 18.2 Å². The van der Waals surface area contributed by atoms with Crippen LogP contribution in [0.5, 0.6) is 5.75 Å². The molecule has 1 amide bonds. The SMILES string of the molecule is COc1ccc(CCC(=O)Nc2cccc(-c3nnnn3C3CC3)c2)cc1F. The minimum Gasteiger partial charge on any atom is -0.494 e. The van der Waals surface area contributed by atoms with Crippen molar-refractivity contribution in [3.05, 3.63) is 53.8 Å². The quantitative estimate of drug-likeness (QED) is 0.678. The summed E-state index contributed by atoms with van der Waals surface area (Å²) in [5.74, 6) is 0.322. The highest BCUT2D eigenvalue weighted by Crippen LogP contribution is 2.36. The van der Waals surface area contributed by atoms with E-state index in [-0.39, 0.29) is 18.1 Å². The number of ether oxygens (including phenoxy) is 1. The van der Waals surface area contributed by atoms with Crippen molar-refractivity contribution in [2.75, 3.05) is 12.4 Å². The van der Waals surface area contributed by atoms with Crippen molar-refractivity contribution >= 4 is 11.6 Å². The maximum atomic E-state index is 13.8. The number of nitrogens with zero attached hydrogens (tertiary/aromatic N) is 4. The van der Waals surface area contributed by atoms with E-state index in [1.54, 1.807) is 12.1 Å². The third-order valence-electron chi connectivity index (χ3n) is 4.65. The first-order chi connectivity index (χ1) is 13.6. The molecule has 1 fully saturated rings. The highest BCUT2D eigenvalue weighted by atomic mass is 19.1. The molecule has 0 radical (unpaired) electrons. The summed E-state index contributed by atoms with van der Waals surface area (Å²) in [7, 11) is 1.42. The molecule has 1 aliphatic carbocycles. The molecule has 1 aliphatic rings. The van der Waals surface area contributed by atoms with Crippen LogP contribution >= 0.6 is 0 Å². The number of tetrazole rings is 1. The predicted octanol–water partition coefficient (Wildman–Crippen LogP) is 3.39. The maximum absolute atomic E-state index is 13.8. The second kappa shape index (κ2) is 7.75. The monoisotopic (exact) mass is 381 g/mol. The van der Waals surface area contributed by atoms with Gasteiger partial charge < -0.3 is 10.1 Å². The minimum absolute atomic E-state index is 0.143. The smallest absolute Gasteiger partial charge is 0.224 e. The van der Waals surface area contributed by atoms with Crippen LogP contribution in [0.15, 0.2) is 42.5 Å². The van der Waals surface area contributed by atoms with Crippen LogP contribution < -0.4 is 10.1 Å². The van der Waals surface area contributed by atoms with Gasteiger partial charge in [-0.25, -0.2) is 9.07 Å². The van der Waals surface area contributed by atoms with Gasteiger partial charge in [-0.05, 0) is 59.5 Å². The van der Waals surface area contributed by atoms with Crippen LogP contribution in [0.4, 0.5) is 10.1 Å². The number of nitrogens with one attached hydrogen (secondary N) is 1. The Labute approximate surface area is 161 Å². The largest absolute Gasteiger partial charge is 0.494 e. The van der Waals surface area contributed by atoms with Gasteiger partial charge in [0.05, 0.1) is 13.2 Å². The molecule has 144 valence electrons. The molecule has 1 saturated carbocycles. The van der Waals surface area contributed by atoms with Gasteiger partial charge in [0.2, 0.25) is 5.91 Å². The fourth-order valence-corrected chi connectivity index (χ4v) is 3.03. The Bertz CT molecular complexity index is 1000. The first-order valence-electron chi connectivity index (χ1n) is 9.14. The first kappa shape index (κ1) is 18.1. The Kier molecular flexibility index (Phi) is 5.01. The number of benzene rings is 2. The Hall–Kier alpha value is -3.29. The zero-order chi connectivity index (χ0) is 19.5. The van der Waals surface area contributed by atoms with E-state index >= 15 is 0 Å². The lowest BCUT2D eigenvalue weighted by atomic mass is 10.1. The van der Waals surface area contributed by atoms with Crippen molar-refractivity contribution in [2.24, 2.45) is 0 Å². The molecule has 28 heavy (non-hydrogen) atoms. The lowest BCUT2D eigenvalue weighted by Crippen LogP contribution is -2.12. The van der Waals surface area contributed by atoms with E-state index in [0.29, 0.717) is 24.0 Å². The van der Waals surface area contributed by atoms with Crippen LogP contribution in [0.1, 0.15) is 30.9 Å². The lowest BCUT2D eigenvalue weighted by molar-refractivity contribution is -0.116. The number of hydrogen-bond acceptors (Lipinski definition) is 5. The standard InChI is InChI=1S/C20H20FN5O2/c1-28-18-9-5-13(11-17(18)21)6-10-19(27)22-15-4-2-3-14(12-15)20-23-24-25-26(20)16-7-8-16/h2-5,9,11-12,16H,6-8,10H2,1H3,(H,22,27). The van der Waals surface area contributed by atoms with Crippen LogP contribution in [0.25, 0.3) is 11.4 Å². The number of carbonyl (C=O) groups excluding carboxylic acids is 1. The number of rotatable bonds is 7. The fraction of sp³-hybridized carbons (Fsp3) is 0.300. The van der Waals surface area contributed by atoms with Crippen LogP contribution in [0.2, 0.25) is 0 Å². The summed E-state index contributed by atoms with van der Waals surface area (Å²) < 4.78 is 20.5. The average molecular weight is 381 g/mol. The minimum atomic E-state index is -0.429. The lowest BCUT2D eigenvalue weighted by Gasteiger charge is -2.08. The van der Waals surface area contributed by atoms with Crippen molar-refractivity contribution in [3.63, 3.8) is 0 Å². The maximum Gasteiger partial charge on any atom is 0.224 e. The molecule has 1 N–H and O–H groups in total. The molecule has 2 aromatic carbocycles. The van der Waals surface area contributed by atoms with Crippen LogP contribution in [0, 0.1) is 5.82 Å². The van der Waals surface area contributed by atoms with Crippen LogP contribution in [-0.4, -0.2) is 33.2 Å². The van der Waals surface area contributed by atoms with E-state index in [4.69, 9.17) is 4.74 Å². The molecule has 1 heterocycles. The Balaban J connectivity index is 1.39. The number of hydrogen-bond donors (Lipinski definition) is 1. The second-order valence-corrected chi connectivity index (χ2v) is 6.78. The number of carbonyl (C=O) groups is 1. The third kappa shape index (κ3) is 4.00. The molecule has 0 aliphatic heterocycles. The Morgan fingerprint density at radius 2 is 2.14 bits per heavy atom. The fourth-order valence-electron chi connectivity index (χ4n) is 3.03.